The Morgan fingerprint density at radius 3 is 2.60 bits per heavy atom. The molecular formula is C23H26N2O5. The van der Waals surface area contributed by atoms with Crippen LogP contribution in [0.1, 0.15) is 32.8 Å². The number of benzene rings is 2. The van der Waals surface area contributed by atoms with E-state index in [0.717, 1.165) is 5.56 Å². The zero-order valence-corrected chi connectivity index (χ0v) is 17.6. The standard InChI is InChI=1S/C23H26N2O5/c1-15-8-7-9-17(14-15)29-13-12-20(26)30-16(2)21(27)25-19-11-6-5-10-18(19)24-22(28)23(25,3)4/h5-11,14,16H,12-13H2,1-4H3,(H,24,28)/t16-/m1/s1. The molecule has 0 aromatic heterocycles. The predicted molar refractivity (Wildman–Crippen MR) is 113 cm³/mol. The van der Waals surface area contributed by atoms with Gasteiger partial charge in [-0.2, -0.15) is 0 Å². The highest BCUT2D eigenvalue weighted by Crippen LogP contribution is 2.37. The number of esters is 1. The first-order valence-electron chi connectivity index (χ1n) is 9.83. The third-order valence-corrected chi connectivity index (χ3v) is 4.95. The molecule has 7 nitrogen and oxygen atoms in total. The lowest BCUT2D eigenvalue weighted by molar-refractivity contribution is -0.154. The van der Waals surface area contributed by atoms with E-state index in [0.29, 0.717) is 17.1 Å². The van der Waals surface area contributed by atoms with Gasteiger partial charge in [-0.3, -0.25) is 19.3 Å². The Hall–Kier alpha value is -3.35. The predicted octanol–water partition coefficient (Wildman–Crippen LogP) is 3.46. The van der Waals surface area contributed by atoms with Crippen LogP contribution in [0.25, 0.3) is 0 Å². The first-order valence-corrected chi connectivity index (χ1v) is 9.83. The van der Waals surface area contributed by atoms with E-state index in [1.165, 1.54) is 11.8 Å². The van der Waals surface area contributed by atoms with E-state index in [4.69, 9.17) is 9.47 Å². The van der Waals surface area contributed by atoms with E-state index >= 15 is 0 Å². The lowest BCUT2D eigenvalue weighted by Crippen LogP contribution is -2.60. The molecule has 158 valence electrons. The highest BCUT2D eigenvalue weighted by Gasteiger charge is 2.45. The number of rotatable bonds is 6. The number of amides is 2. The Morgan fingerprint density at radius 2 is 1.87 bits per heavy atom. The summed E-state index contributed by atoms with van der Waals surface area (Å²) in [5.41, 5.74) is 1.04. The average molecular weight is 410 g/mol. The van der Waals surface area contributed by atoms with Crippen molar-refractivity contribution < 1.29 is 23.9 Å². The van der Waals surface area contributed by atoms with E-state index in [9.17, 15) is 14.4 Å². The Morgan fingerprint density at radius 1 is 1.13 bits per heavy atom. The maximum atomic E-state index is 13.1. The normalized spacial score (nSPS) is 15.6. The van der Waals surface area contributed by atoms with Gasteiger partial charge in [-0.05, 0) is 57.5 Å². The molecule has 1 atom stereocenters. The summed E-state index contributed by atoms with van der Waals surface area (Å²) in [5.74, 6) is -0.643. The molecule has 0 radical (unpaired) electrons. The number of ether oxygens (including phenoxy) is 2. The number of aryl methyl sites for hydroxylation is 1. The molecule has 1 heterocycles. The summed E-state index contributed by atoms with van der Waals surface area (Å²) in [6.07, 6.45) is -1.04. The molecule has 0 bridgehead atoms. The zero-order valence-electron chi connectivity index (χ0n) is 17.6. The third kappa shape index (κ3) is 4.45. The minimum atomic E-state index is -1.12. The second-order valence-corrected chi connectivity index (χ2v) is 7.75. The van der Waals surface area contributed by atoms with Crippen molar-refractivity contribution in [3.05, 3.63) is 54.1 Å². The molecule has 1 aliphatic rings. The number of hydrogen-bond donors (Lipinski definition) is 1. The summed E-state index contributed by atoms with van der Waals surface area (Å²) < 4.78 is 10.9. The number of nitrogens with one attached hydrogen (secondary N) is 1. The van der Waals surface area contributed by atoms with E-state index in [1.54, 1.807) is 38.1 Å². The number of hydrogen-bond acceptors (Lipinski definition) is 5. The number of nitrogens with zero attached hydrogens (tertiary/aromatic N) is 1. The smallest absolute Gasteiger partial charge is 0.310 e. The van der Waals surface area contributed by atoms with Crippen LogP contribution in [0, 0.1) is 6.92 Å². The molecule has 0 fully saturated rings. The number of para-hydroxylation sites is 2. The molecule has 2 amide bonds. The molecule has 0 aliphatic carbocycles. The van der Waals surface area contributed by atoms with E-state index in [-0.39, 0.29) is 18.9 Å². The van der Waals surface area contributed by atoms with Crippen molar-refractivity contribution in [2.45, 2.75) is 45.8 Å². The molecule has 2 aromatic carbocycles. The summed E-state index contributed by atoms with van der Waals surface area (Å²) in [4.78, 5) is 39.2. The van der Waals surface area contributed by atoms with Crippen LogP contribution in [0.4, 0.5) is 11.4 Å². The Balaban J connectivity index is 1.63. The Bertz CT molecular complexity index is 970. The lowest BCUT2D eigenvalue weighted by atomic mass is 9.95. The van der Waals surface area contributed by atoms with Crippen LogP contribution in [-0.4, -0.2) is 36.0 Å². The van der Waals surface area contributed by atoms with Crippen LogP contribution in [0.15, 0.2) is 48.5 Å². The first kappa shape index (κ1) is 21.4. The largest absolute Gasteiger partial charge is 0.493 e. The van der Waals surface area contributed by atoms with E-state index in [2.05, 4.69) is 5.32 Å². The molecule has 1 aliphatic heterocycles. The molecule has 0 unspecified atom stereocenters. The van der Waals surface area contributed by atoms with Gasteiger partial charge in [-0.1, -0.05) is 24.3 Å². The fourth-order valence-corrected chi connectivity index (χ4v) is 3.29. The molecule has 0 spiro atoms. The van der Waals surface area contributed by atoms with Gasteiger partial charge in [0.05, 0.1) is 24.4 Å². The quantitative estimate of drug-likeness (QED) is 0.737. The molecule has 3 rings (SSSR count). The molecule has 2 aromatic rings. The fraction of sp³-hybridized carbons (Fsp3) is 0.348. The van der Waals surface area contributed by atoms with Crippen LogP contribution in [-0.2, 0) is 19.1 Å². The van der Waals surface area contributed by atoms with E-state index < -0.39 is 23.5 Å². The van der Waals surface area contributed by atoms with Crippen molar-refractivity contribution >= 4 is 29.2 Å². The molecule has 1 N–H and O–H groups in total. The Labute approximate surface area is 176 Å². The number of anilines is 2. The van der Waals surface area contributed by atoms with Gasteiger partial charge in [-0.25, -0.2) is 0 Å². The number of carbonyl (C=O) groups excluding carboxylic acids is 3. The molecule has 0 saturated carbocycles. The topological polar surface area (TPSA) is 84.9 Å². The van der Waals surface area contributed by atoms with Gasteiger partial charge in [0.2, 0.25) is 5.91 Å². The summed E-state index contributed by atoms with van der Waals surface area (Å²) in [6, 6.07) is 14.5. The third-order valence-electron chi connectivity index (χ3n) is 4.95. The Kier molecular flexibility index (Phi) is 6.10. The summed E-state index contributed by atoms with van der Waals surface area (Å²) in [7, 11) is 0. The van der Waals surface area contributed by atoms with Crippen molar-refractivity contribution in [1.29, 1.82) is 0 Å². The monoisotopic (exact) mass is 410 g/mol. The maximum absolute atomic E-state index is 13.1. The summed E-state index contributed by atoms with van der Waals surface area (Å²) >= 11 is 0. The van der Waals surface area contributed by atoms with Crippen molar-refractivity contribution in [1.82, 2.24) is 0 Å². The summed E-state index contributed by atoms with van der Waals surface area (Å²) in [5, 5.41) is 2.80. The van der Waals surface area contributed by atoms with Gasteiger partial charge in [0.1, 0.15) is 11.3 Å². The minimum Gasteiger partial charge on any atom is -0.493 e. The summed E-state index contributed by atoms with van der Waals surface area (Å²) in [6.45, 7) is 6.91. The van der Waals surface area contributed by atoms with Crippen LogP contribution in [0.2, 0.25) is 0 Å². The van der Waals surface area contributed by atoms with Crippen LogP contribution < -0.4 is 15.0 Å². The van der Waals surface area contributed by atoms with E-state index in [1.807, 2.05) is 31.2 Å². The van der Waals surface area contributed by atoms with Crippen LogP contribution in [0.5, 0.6) is 5.75 Å². The fourth-order valence-electron chi connectivity index (χ4n) is 3.29. The first-order chi connectivity index (χ1) is 14.2. The second kappa shape index (κ2) is 8.57. The highest BCUT2D eigenvalue weighted by molar-refractivity contribution is 6.15. The van der Waals surface area contributed by atoms with Gasteiger partial charge >= 0.3 is 5.97 Å². The number of carbonyl (C=O) groups is 3. The number of fused-ring (bicyclic) bond motifs is 1. The molecule has 7 heteroatoms. The van der Waals surface area contributed by atoms with Gasteiger partial charge in [0.15, 0.2) is 6.10 Å². The maximum Gasteiger partial charge on any atom is 0.310 e. The van der Waals surface area contributed by atoms with Crippen molar-refractivity contribution in [3.8, 4) is 5.75 Å². The molecule has 30 heavy (non-hydrogen) atoms. The highest BCUT2D eigenvalue weighted by atomic mass is 16.6. The van der Waals surface area contributed by atoms with Gasteiger partial charge < -0.3 is 14.8 Å². The minimum absolute atomic E-state index is 0.00598. The molecular weight excluding hydrogens is 384 g/mol. The van der Waals surface area contributed by atoms with Crippen molar-refractivity contribution in [2.24, 2.45) is 0 Å². The van der Waals surface area contributed by atoms with Gasteiger partial charge in [0, 0.05) is 0 Å². The van der Waals surface area contributed by atoms with Gasteiger partial charge in [0.25, 0.3) is 5.91 Å². The van der Waals surface area contributed by atoms with Crippen LogP contribution >= 0.6 is 0 Å². The molecule has 0 saturated heterocycles. The van der Waals surface area contributed by atoms with Crippen LogP contribution in [0.3, 0.4) is 0 Å². The second-order valence-electron chi connectivity index (χ2n) is 7.75. The van der Waals surface area contributed by atoms with Crippen molar-refractivity contribution in [2.75, 3.05) is 16.8 Å². The average Bonchev–Trinajstić information content (AvgIpc) is 2.68. The lowest BCUT2D eigenvalue weighted by Gasteiger charge is -2.42. The SMILES string of the molecule is Cc1cccc(OCCC(=O)O[C@H](C)C(=O)N2c3ccccc3NC(=O)C2(C)C)c1. The van der Waals surface area contributed by atoms with Gasteiger partial charge in [-0.15, -0.1) is 0 Å². The zero-order chi connectivity index (χ0) is 21.9. The van der Waals surface area contributed by atoms with Crippen molar-refractivity contribution in [3.63, 3.8) is 0 Å².